The molecule has 0 saturated heterocycles. The topological polar surface area (TPSA) is 73.1 Å². The van der Waals surface area contributed by atoms with Gasteiger partial charge < -0.3 is 14.6 Å². The number of nitrogens with one attached hydrogen (secondary N) is 1. The van der Waals surface area contributed by atoms with Crippen LogP contribution in [0.3, 0.4) is 0 Å². The molecule has 0 radical (unpaired) electrons. The van der Waals surface area contributed by atoms with Crippen molar-refractivity contribution in [2.75, 3.05) is 5.32 Å². The first-order valence-electron chi connectivity index (χ1n) is 8.97. The summed E-state index contributed by atoms with van der Waals surface area (Å²) in [5, 5.41) is 7.33. The van der Waals surface area contributed by atoms with Gasteiger partial charge in [0.25, 0.3) is 0 Å². The number of para-hydroxylation sites is 1. The molecule has 0 atom stereocenters. The number of nitrogens with zero attached hydrogens (tertiary/aromatic N) is 3. The Morgan fingerprint density at radius 1 is 0.893 bits per heavy atom. The molecule has 0 spiro atoms. The molecule has 0 aliphatic heterocycles. The summed E-state index contributed by atoms with van der Waals surface area (Å²) in [5.74, 6) is 3.61. The largest absolute Gasteiger partial charge is 0.457 e. The third-order valence-electron chi connectivity index (χ3n) is 4.32. The molecule has 2 heterocycles. The first kappa shape index (κ1) is 17.7. The van der Waals surface area contributed by atoms with Gasteiger partial charge >= 0.3 is 0 Å². The fraction of sp³-hybridized carbons (Fsp3) is 0.136. The average Bonchev–Trinajstić information content (AvgIpc) is 3.04. The number of aryl methyl sites for hydroxylation is 3. The van der Waals surface area contributed by atoms with Crippen molar-refractivity contribution in [3.05, 3.63) is 77.8 Å². The molecule has 0 bridgehead atoms. The van der Waals surface area contributed by atoms with Crippen molar-refractivity contribution in [1.82, 2.24) is 15.1 Å². The van der Waals surface area contributed by atoms with E-state index in [1.54, 1.807) is 6.20 Å². The van der Waals surface area contributed by atoms with Crippen LogP contribution in [-0.4, -0.2) is 15.1 Å². The highest BCUT2D eigenvalue weighted by Gasteiger charge is 2.15. The first-order valence-corrected chi connectivity index (χ1v) is 8.97. The van der Waals surface area contributed by atoms with Gasteiger partial charge in [0.15, 0.2) is 5.82 Å². The second-order valence-corrected chi connectivity index (χ2v) is 6.49. The number of hydrogen-bond donors (Lipinski definition) is 1. The minimum Gasteiger partial charge on any atom is -0.457 e. The van der Waals surface area contributed by atoms with Crippen LogP contribution < -0.4 is 10.1 Å². The van der Waals surface area contributed by atoms with Gasteiger partial charge in [-0.25, -0.2) is 9.97 Å². The van der Waals surface area contributed by atoms with Crippen LogP contribution in [0.2, 0.25) is 0 Å². The number of anilines is 2. The lowest BCUT2D eigenvalue weighted by Crippen LogP contribution is -2.00. The van der Waals surface area contributed by atoms with Gasteiger partial charge in [-0.1, -0.05) is 23.4 Å². The molecule has 0 aliphatic carbocycles. The molecule has 4 rings (SSSR count). The SMILES string of the molecule is Cc1cnc(-c2c(C)noc2C)nc1Nc1ccc(Oc2ccccc2)cc1. The highest BCUT2D eigenvalue weighted by atomic mass is 16.5. The maximum Gasteiger partial charge on any atom is 0.167 e. The Kier molecular flexibility index (Phi) is 4.76. The van der Waals surface area contributed by atoms with E-state index in [9.17, 15) is 0 Å². The van der Waals surface area contributed by atoms with Crippen molar-refractivity contribution >= 4 is 11.5 Å². The summed E-state index contributed by atoms with van der Waals surface area (Å²) in [5.41, 5.74) is 3.46. The Labute approximate surface area is 163 Å². The zero-order chi connectivity index (χ0) is 19.5. The van der Waals surface area contributed by atoms with Gasteiger partial charge in [0.2, 0.25) is 0 Å². The molecule has 1 N–H and O–H groups in total. The Hall–Kier alpha value is -3.67. The fourth-order valence-corrected chi connectivity index (χ4v) is 2.86. The minimum atomic E-state index is 0.591. The van der Waals surface area contributed by atoms with Gasteiger partial charge in [0.05, 0.1) is 11.3 Å². The predicted molar refractivity (Wildman–Crippen MR) is 108 cm³/mol. The summed E-state index contributed by atoms with van der Waals surface area (Å²) >= 11 is 0. The zero-order valence-electron chi connectivity index (χ0n) is 15.9. The number of ether oxygens (including phenoxy) is 1. The molecule has 0 unspecified atom stereocenters. The molecule has 0 saturated carbocycles. The van der Waals surface area contributed by atoms with Gasteiger partial charge in [-0.2, -0.15) is 0 Å². The number of hydrogen-bond acceptors (Lipinski definition) is 6. The van der Waals surface area contributed by atoms with Gasteiger partial charge in [0.1, 0.15) is 23.1 Å². The lowest BCUT2D eigenvalue weighted by atomic mass is 10.2. The van der Waals surface area contributed by atoms with E-state index in [1.165, 1.54) is 0 Å². The van der Waals surface area contributed by atoms with Crippen molar-refractivity contribution in [3.63, 3.8) is 0 Å². The molecule has 6 nitrogen and oxygen atoms in total. The van der Waals surface area contributed by atoms with E-state index < -0.39 is 0 Å². The van der Waals surface area contributed by atoms with Crippen molar-refractivity contribution in [2.45, 2.75) is 20.8 Å². The maximum absolute atomic E-state index is 5.83. The zero-order valence-corrected chi connectivity index (χ0v) is 15.9. The standard InChI is InChI=1S/C22H20N4O2/c1-14-13-23-22(20-15(2)26-28-16(20)3)25-21(14)24-17-9-11-19(12-10-17)27-18-7-5-4-6-8-18/h4-13H,1-3H3,(H,23,24,25). The molecular weight excluding hydrogens is 352 g/mol. The normalized spacial score (nSPS) is 10.7. The Morgan fingerprint density at radius 2 is 1.61 bits per heavy atom. The quantitative estimate of drug-likeness (QED) is 0.492. The van der Waals surface area contributed by atoms with Crippen molar-refractivity contribution in [1.29, 1.82) is 0 Å². The monoisotopic (exact) mass is 372 g/mol. The fourth-order valence-electron chi connectivity index (χ4n) is 2.86. The van der Waals surface area contributed by atoms with E-state index >= 15 is 0 Å². The van der Waals surface area contributed by atoms with Crippen molar-refractivity contribution < 1.29 is 9.26 Å². The van der Waals surface area contributed by atoms with Gasteiger partial charge in [0, 0.05) is 17.4 Å². The lowest BCUT2D eigenvalue weighted by Gasteiger charge is -2.11. The highest BCUT2D eigenvalue weighted by molar-refractivity contribution is 5.65. The molecule has 2 aromatic heterocycles. The van der Waals surface area contributed by atoms with E-state index in [1.807, 2.05) is 75.4 Å². The molecule has 0 fully saturated rings. The molecule has 2 aromatic carbocycles. The molecule has 6 heteroatoms. The van der Waals surface area contributed by atoms with Crippen LogP contribution in [0.5, 0.6) is 11.5 Å². The summed E-state index contributed by atoms with van der Waals surface area (Å²) in [6.07, 6.45) is 1.80. The maximum atomic E-state index is 5.83. The second kappa shape index (κ2) is 7.52. The average molecular weight is 372 g/mol. The van der Waals surface area contributed by atoms with Crippen LogP contribution in [0.25, 0.3) is 11.4 Å². The van der Waals surface area contributed by atoms with Crippen LogP contribution >= 0.6 is 0 Å². The Morgan fingerprint density at radius 3 is 2.29 bits per heavy atom. The molecule has 0 aliphatic rings. The van der Waals surface area contributed by atoms with E-state index in [-0.39, 0.29) is 0 Å². The summed E-state index contributed by atoms with van der Waals surface area (Å²) in [6, 6.07) is 17.4. The number of benzene rings is 2. The van der Waals surface area contributed by atoms with Crippen LogP contribution in [0.1, 0.15) is 17.0 Å². The van der Waals surface area contributed by atoms with Crippen LogP contribution in [0, 0.1) is 20.8 Å². The number of aromatic nitrogens is 3. The van der Waals surface area contributed by atoms with Crippen molar-refractivity contribution in [3.8, 4) is 22.9 Å². The highest BCUT2D eigenvalue weighted by Crippen LogP contribution is 2.28. The molecule has 28 heavy (non-hydrogen) atoms. The van der Waals surface area contributed by atoms with Crippen molar-refractivity contribution in [2.24, 2.45) is 0 Å². The summed E-state index contributed by atoms with van der Waals surface area (Å²) < 4.78 is 11.1. The summed E-state index contributed by atoms with van der Waals surface area (Å²) in [7, 11) is 0. The molecule has 0 amide bonds. The molecule has 4 aromatic rings. The molecular formula is C22H20N4O2. The van der Waals surface area contributed by atoms with Crippen LogP contribution in [0.4, 0.5) is 11.5 Å². The summed E-state index contributed by atoms with van der Waals surface area (Å²) in [4.78, 5) is 9.10. The molecule has 140 valence electrons. The van der Waals surface area contributed by atoms with Crippen LogP contribution in [0.15, 0.2) is 65.3 Å². The summed E-state index contributed by atoms with van der Waals surface area (Å²) in [6.45, 7) is 5.71. The third-order valence-corrected chi connectivity index (χ3v) is 4.32. The first-order chi connectivity index (χ1) is 13.6. The van der Waals surface area contributed by atoms with E-state index in [0.29, 0.717) is 11.6 Å². The smallest absolute Gasteiger partial charge is 0.167 e. The van der Waals surface area contributed by atoms with Gasteiger partial charge in [-0.3, -0.25) is 0 Å². The minimum absolute atomic E-state index is 0.591. The third kappa shape index (κ3) is 3.71. The van der Waals surface area contributed by atoms with E-state index in [0.717, 1.165) is 39.8 Å². The number of rotatable bonds is 5. The van der Waals surface area contributed by atoms with E-state index in [4.69, 9.17) is 9.26 Å². The predicted octanol–water partition coefficient (Wildman–Crippen LogP) is 5.59. The Bertz CT molecular complexity index is 1070. The van der Waals surface area contributed by atoms with E-state index in [2.05, 4.69) is 20.4 Å². The van der Waals surface area contributed by atoms with Gasteiger partial charge in [-0.15, -0.1) is 0 Å². The second-order valence-electron chi connectivity index (χ2n) is 6.49. The lowest BCUT2D eigenvalue weighted by molar-refractivity contribution is 0.393. The Balaban J connectivity index is 1.55. The van der Waals surface area contributed by atoms with Gasteiger partial charge in [-0.05, 0) is 57.2 Å². The van der Waals surface area contributed by atoms with Crippen LogP contribution in [-0.2, 0) is 0 Å².